The third kappa shape index (κ3) is 3.35. The van der Waals surface area contributed by atoms with Crippen LogP contribution in [0.15, 0.2) is 60.7 Å². The van der Waals surface area contributed by atoms with Gasteiger partial charge in [0.15, 0.2) is 0 Å². The van der Waals surface area contributed by atoms with Crippen molar-refractivity contribution in [2.45, 2.75) is 22.3 Å². The summed E-state index contributed by atoms with van der Waals surface area (Å²) in [6.45, 7) is 0. The van der Waals surface area contributed by atoms with E-state index in [1.807, 2.05) is 0 Å². The number of benzene rings is 2. The van der Waals surface area contributed by atoms with Crippen LogP contribution in [0.1, 0.15) is 35.1 Å². The van der Waals surface area contributed by atoms with E-state index >= 15 is 0 Å². The van der Waals surface area contributed by atoms with Crippen LogP contribution in [0.4, 0.5) is 0 Å². The van der Waals surface area contributed by atoms with Crippen molar-refractivity contribution in [3.8, 4) is 0 Å². The van der Waals surface area contributed by atoms with Gasteiger partial charge in [0, 0.05) is 12.8 Å². The normalized spacial score (nSPS) is 23.9. The average Bonchev–Trinajstić information content (AvgIpc) is 2.76. The quantitative estimate of drug-likeness (QED) is 0.374. The first-order valence-corrected chi connectivity index (χ1v) is 12.6. The highest BCUT2D eigenvalue weighted by Crippen LogP contribution is 2.44. The van der Waals surface area contributed by atoms with Crippen molar-refractivity contribution in [1.82, 2.24) is 0 Å². The molecule has 2 N–H and O–H groups in total. The lowest BCUT2D eigenvalue weighted by Crippen LogP contribution is -2.51. The van der Waals surface area contributed by atoms with Crippen LogP contribution in [-0.4, -0.2) is 37.9 Å². The number of fused-ring (bicyclic) bond motifs is 2. The fourth-order valence-electron chi connectivity index (χ4n) is 4.28. The van der Waals surface area contributed by atoms with Crippen LogP contribution in [0, 0.1) is 0 Å². The molecule has 2 aliphatic rings. The van der Waals surface area contributed by atoms with E-state index in [0.717, 1.165) is 0 Å². The predicted octanol–water partition coefficient (Wildman–Crippen LogP) is 2.46. The molecule has 2 aromatic rings. The molecule has 2 unspecified atom stereocenters. The highest BCUT2D eigenvalue weighted by molar-refractivity contribution is 7.88. The Balaban J connectivity index is 1.85. The second-order valence-corrected chi connectivity index (χ2v) is 11.0. The zero-order valence-corrected chi connectivity index (χ0v) is 18.5. The van der Waals surface area contributed by atoms with Crippen LogP contribution in [0.25, 0.3) is 12.2 Å². The van der Waals surface area contributed by atoms with Crippen molar-refractivity contribution in [3.63, 3.8) is 0 Å². The molecule has 0 spiro atoms. The minimum atomic E-state index is -5.20. The summed E-state index contributed by atoms with van der Waals surface area (Å²) in [7, 11) is -10.4. The van der Waals surface area contributed by atoms with Gasteiger partial charge in [-0.25, -0.2) is 9.59 Å². The maximum atomic E-state index is 13.3. The molecule has 0 aliphatic heterocycles. The fourth-order valence-corrected chi connectivity index (χ4v) is 6.32. The molecule has 0 bridgehead atoms. The van der Waals surface area contributed by atoms with E-state index in [1.54, 1.807) is 12.1 Å². The van der Waals surface area contributed by atoms with Crippen molar-refractivity contribution >= 4 is 44.3 Å². The first-order valence-electron chi connectivity index (χ1n) is 9.68. The largest absolute Gasteiger partial charge is 0.390 e. The van der Waals surface area contributed by atoms with Gasteiger partial charge in [0.2, 0.25) is 9.49 Å². The monoisotopic (exact) mass is 490 g/mol. The van der Waals surface area contributed by atoms with Gasteiger partial charge in [-0.15, -0.1) is 0 Å². The maximum Gasteiger partial charge on any atom is 0.342 e. The maximum absolute atomic E-state index is 13.3. The van der Waals surface area contributed by atoms with E-state index < -0.39 is 54.5 Å². The summed E-state index contributed by atoms with van der Waals surface area (Å²) >= 11 is 0. The molecule has 2 aliphatic carbocycles. The zero-order valence-electron chi connectivity index (χ0n) is 16.9. The SMILES string of the molecule is O=C(OC(=O)C1(S(=O)(=O)O)CC=Cc2ccccc21)C1(S(=O)(=O)O)CC=Cc2ccccc21. The van der Waals surface area contributed by atoms with Gasteiger partial charge in [-0.2, -0.15) is 16.8 Å². The number of ether oxygens (including phenoxy) is 1. The van der Waals surface area contributed by atoms with Crippen LogP contribution in [-0.2, 0) is 44.1 Å². The lowest BCUT2D eigenvalue weighted by atomic mass is 9.85. The van der Waals surface area contributed by atoms with Gasteiger partial charge < -0.3 is 4.74 Å². The van der Waals surface area contributed by atoms with Gasteiger partial charge in [0.1, 0.15) is 0 Å². The highest BCUT2D eigenvalue weighted by atomic mass is 32.2. The number of carbonyl (C=O) groups excluding carboxylic acids is 2. The number of esters is 2. The molecule has 0 amide bonds. The molecule has 9 nitrogen and oxygen atoms in total. The van der Waals surface area contributed by atoms with Gasteiger partial charge in [0.25, 0.3) is 20.2 Å². The summed E-state index contributed by atoms with van der Waals surface area (Å²) in [5.74, 6) is -3.36. The Morgan fingerprint density at radius 3 is 1.42 bits per heavy atom. The topological polar surface area (TPSA) is 152 Å². The van der Waals surface area contributed by atoms with Crippen molar-refractivity contribution in [2.24, 2.45) is 0 Å². The number of allylic oxidation sites excluding steroid dienone is 2. The predicted molar refractivity (Wildman–Crippen MR) is 118 cm³/mol. The van der Waals surface area contributed by atoms with Gasteiger partial charge in [-0.1, -0.05) is 72.8 Å². The molecule has 33 heavy (non-hydrogen) atoms. The van der Waals surface area contributed by atoms with Gasteiger partial charge in [-0.05, 0) is 22.3 Å². The molecule has 0 saturated heterocycles. The first kappa shape index (κ1) is 23.1. The van der Waals surface area contributed by atoms with Crippen LogP contribution in [0.5, 0.6) is 0 Å². The molecule has 11 heteroatoms. The smallest absolute Gasteiger partial charge is 0.342 e. The average molecular weight is 491 g/mol. The lowest BCUT2D eigenvalue weighted by molar-refractivity contribution is -0.164. The molecule has 0 aromatic heterocycles. The van der Waals surface area contributed by atoms with E-state index in [1.165, 1.54) is 60.7 Å². The standard InChI is InChI=1S/C22H18O9S2/c23-19(21(32(25,26)27)13-5-9-15-7-1-3-11-17(15)21)31-20(24)22(33(28,29)30)14-6-10-16-8-2-4-12-18(16)22/h1-12H,13-14H2,(H,25,26,27)(H,28,29,30). The second-order valence-electron chi connectivity index (χ2n) is 7.67. The summed E-state index contributed by atoms with van der Waals surface area (Å²) in [6.07, 6.45) is 4.61. The Hall–Kier alpha value is -3.12. The Morgan fingerprint density at radius 2 is 1.06 bits per heavy atom. The molecule has 0 fully saturated rings. The van der Waals surface area contributed by atoms with E-state index in [9.17, 15) is 35.5 Å². The summed E-state index contributed by atoms with van der Waals surface area (Å²) in [5, 5.41) is 0. The Bertz CT molecular complexity index is 1330. The van der Waals surface area contributed by atoms with E-state index in [2.05, 4.69) is 0 Å². The summed E-state index contributed by atoms with van der Waals surface area (Å²) in [6, 6.07) is 11.6. The Kier molecular flexibility index (Phi) is 5.40. The molecule has 0 saturated carbocycles. The highest BCUT2D eigenvalue weighted by Gasteiger charge is 2.59. The van der Waals surface area contributed by atoms with Crippen molar-refractivity contribution in [3.05, 3.63) is 82.9 Å². The summed E-state index contributed by atoms with van der Waals surface area (Å²) in [5.41, 5.74) is 0.331. The molecule has 172 valence electrons. The number of hydrogen-bond acceptors (Lipinski definition) is 7. The van der Waals surface area contributed by atoms with Crippen LogP contribution >= 0.6 is 0 Å². The fraction of sp³-hybridized carbons (Fsp3) is 0.182. The van der Waals surface area contributed by atoms with Gasteiger partial charge in [-0.3, -0.25) is 9.11 Å². The number of carbonyl (C=O) groups is 2. The Morgan fingerprint density at radius 1 is 0.697 bits per heavy atom. The molecule has 4 rings (SSSR count). The lowest BCUT2D eigenvalue weighted by Gasteiger charge is -2.34. The minimum Gasteiger partial charge on any atom is -0.390 e. The van der Waals surface area contributed by atoms with Crippen LogP contribution in [0.2, 0.25) is 0 Å². The van der Waals surface area contributed by atoms with E-state index in [4.69, 9.17) is 4.74 Å². The van der Waals surface area contributed by atoms with Crippen molar-refractivity contribution in [1.29, 1.82) is 0 Å². The minimum absolute atomic E-state index is 0.127. The van der Waals surface area contributed by atoms with Crippen LogP contribution < -0.4 is 0 Å². The molecule has 0 radical (unpaired) electrons. The molecule has 2 atom stereocenters. The van der Waals surface area contributed by atoms with E-state index in [0.29, 0.717) is 11.1 Å². The van der Waals surface area contributed by atoms with Gasteiger partial charge >= 0.3 is 11.9 Å². The molecule has 0 heterocycles. The second kappa shape index (κ2) is 7.73. The first-order chi connectivity index (χ1) is 15.4. The third-order valence-electron chi connectivity index (χ3n) is 5.92. The third-order valence-corrected chi connectivity index (χ3v) is 8.79. The molecular weight excluding hydrogens is 472 g/mol. The molecule has 2 aromatic carbocycles. The van der Waals surface area contributed by atoms with E-state index in [-0.39, 0.29) is 11.1 Å². The Labute approximate surface area is 189 Å². The number of hydrogen-bond donors (Lipinski definition) is 2. The summed E-state index contributed by atoms with van der Waals surface area (Å²) < 4.78 is 69.5. The van der Waals surface area contributed by atoms with Crippen molar-refractivity contribution < 1.29 is 40.3 Å². The van der Waals surface area contributed by atoms with Crippen LogP contribution in [0.3, 0.4) is 0 Å². The van der Waals surface area contributed by atoms with Crippen molar-refractivity contribution in [2.75, 3.05) is 0 Å². The zero-order chi connectivity index (χ0) is 24.1. The molecular formula is C22H18O9S2. The number of rotatable bonds is 4. The summed E-state index contributed by atoms with van der Waals surface area (Å²) in [4.78, 5) is 26.5. The van der Waals surface area contributed by atoms with Gasteiger partial charge in [0.05, 0.1) is 0 Å².